The Morgan fingerprint density at radius 2 is 1.64 bits per heavy atom. The van der Waals surface area contributed by atoms with Crippen molar-refractivity contribution in [2.24, 2.45) is 33.6 Å². The van der Waals surface area contributed by atoms with Gasteiger partial charge in [-0.1, -0.05) is 83.1 Å². The van der Waals surface area contributed by atoms with Crippen LogP contribution in [-0.2, 0) is 23.8 Å². The highest BCUT2D eigenvalue weighted by atomic mass is 16.6. The zero-order chi connectivity index (χ0) is 33.7. The van der Waals surface area contributed by atoms with E-state index >= 15 is 0 Å². The summed E-state index contributed by atoms with van der Waals surface area (Å²) in [6.07, 6.45) is -3.59. The monoisotopic (exact) mass is 643 g/mol. The summed E-state index contributed by atoms with van der Waals surface area (Å²) in [5.41, 5.74) is -2.72. The van der Waals surface area contributed by atoms with Gasteiger partial charge in [0.15, 0.2) is 5.78 Å². The molecule has 0 aromatic heterocycles. The average molecular weight is 644 g/mol. The highest BCUT2D eigenvalue weighted by Gasteiger charge is 2.73. The molecule has 2 aromatic rings. The van der Waals surface area contributed by atoms with Crippen LogP contribution in [0.5, 0.6) is 0 Å². The summed E-state index contributed by atoms with van der Waals surface area (Å²) >= 11 is 0. The SMILES string of the molecule is CC1=C2C(O)C(=O)[C@@]3(C)C(C(C)C(O)(CC1OC(=O)[C@@H]1OC(c4ccccc4)=NC1c1ccccc1)C2(C)C)[C@]1(O)COC1C[C@@H]3C. The Hall–Kier alpha value is -3.37. The summed E-state index contributed by atoms with van der Waals surface area (Å²) in [6, 6.07) is 18.1. The molecule has 11 atom stereocenters. The van der Waals surface area contributed by atoms with Gasteiger partial charge in [0.2, 0.25) is 12.0 Å². The van der Waals surface area contributed by atoms with Crippen LogP contribution in [0, 0.1) is 28.6 Å². The van der Waals surface area contributed by atoms with Crippen LogP contribution in [-0.4, -0.2) is 75.2 Å². The van der Waals surface area contributed by atoms with Gasteiger partial charge in [-0.05, 0) is 54.0 Å². The Kier molecular flexibility index (Phi) is 7.41. The lowest BCUT2D eigenvalue weighted by Gasteiger charge is -2.68. The summed E-state index contributed by atoms with van der Waals surface area (Å²) in [4.78, 5) is 33.5. The molecule has 9 heteroatoms. The highest BCUT2D eigenvalue weighted by molar-refractivity contribution is 5.98. The molecule has 3 fully saturated rings. The van der Waals surface area contributed by atoms with Crippen LogP contribution in [0.4, 0.5) is 0 Å². The molecule has 2 saturated carbocycles. The van der Waals surface area contributed by atoms with Crippen LogP contribution >= 0.6 is 0 Å². The molecule has 7 unspecified atom stereocenters. The van der Waals surface area contributed by atoms with Crippen molar-refractivity contribution >= 4 is 17.7 Å². The minimum atomic E-state index is -1.58. The van der Waals surface area contributed by atoms with Crippen molar-refractivity contribution in [3.63, 3.8) is 0 Å². The Morgan fingerprint density at radius 1 is 1.00 bits per heavy atom. The fourth-order valence-corrected chi connectivity index (χ4v) is 9.82. The van der Waals surface area contributed by atoms with E-state index in [-0.39, 0.29) is 24.7 Å². The van der Waals surface area contributed by atoms with Crippen LogP contribution in [0.3, 0.4) is 0 Å². The summed E-state index contributed by atoms with van der Waals surface area (Å²) in [6.45, 7) is 11.1. The van der Waals surface area contributed by atoms with Crippen molar-refractivity contribution < 1.29 is 39.1 Å². The molecule has 2 bridgehead atoms. The Bertz CT molecular complexity index is 1650. The molecule has 2 heterocycles. The van der Waals surface area contributed by atoms with E-state index in [9.17, 15) is 24.9 Å². The Balaban J connectivity index is 1.27. The van der Waals surface area contributed by atoms with Gasteiger partial charge in [0.05, 0.1) is 18.3 Å². The van der Waals surface area contributed by atoms with Gasteiger partial charge in [-0.25, -0.2) is 9.79 Å². The largest absolute Gasteiger partial charge is 0.459 e. The number of rotatable bonds is 4. The summed E-state index contributed by atoms with van der Waals surface area (Å²) in [5, 5.41) is 36.9. The fraction of sp³-hybridized carbons (Fsp3) is 0.553. The molecule has 3 aliphatic carbocycles. The average Bonchev–Trinajstić information content (AvgIpc) is 3.50. The van der Waals surface area contributed by atoms with E-state index in [1.165, 1.54) is 0 Å². The van der Waals surface area contributed by atoms with Crippen LogP contribution < -0.4 is 0 Å². The number of ketones is 1. The lowest BCUT2D eigenvalue weighted by Crippen LogP contribution is -2.77. The van der Waals surface area contributed by atoms with Crippen molar-refractivity contribution in [1.29, 1.82) is 0 Å². The number of hydrogen-bond donors (Lipinski definition) is 3. The summed E-state index contributed by atoms with van der Waals surface area (Å²) < 4.78 is 18.3. The number of carbonyl (C=O) groups is 2. The van der Waals surface area contributed by atoms with E-state index in [4.69, 9.17) is 19.2 Å². The summed E-state index contributed by atoms with van der Waals surface area (Å²) in [7, 11) is 0. The van der Waals surface area contributed by atoms with E-state index in [0.29, 0.717) is 23.5 Å². The zero-order valence-electron chi connectivity index (χ0n) is 27.8. The molecule has 3 N–H and O–H groups in total. The number of fused-ring (bicyclic) bond motifs is 5. The predicted molar refractivity (Wildman–Crippen MR) is 173 cm³/mol. The van der Waals surface area contributed by atoms with Gasteiger partial charge in [0.1, 0.15) is 23.9 Å². The van der Waals surface area contributed by atoms with Gasteiger partial charge in [-0.2, -0.15) is 0 Å². The molecular weight excluding hydrogens is 598 g/mol. The normalized spacial score (nSPS) is 42.1. The third-order valence-corrected chi connectivity index (χ3v) is 12.7. The van der Waals surface area contributed by atoms with Gasteiger partial charge in [-0.15, -0.1) is 0 Å². The Labute approximate surface area is 275 Å². The minimum Gasteiger partial charge on any atom is -0.459 e. The number of Topliss-reactive ketones (excluding diaryl/α,β-unsaturated/α-hetero) is 1. The number of aliphatic imine (C=N–C) groups is 1. The van der Waals surface area contributed by atoms with Crippen molar-refractivity contribution in [2.75, 3.05) is 6.61 Å². The van der Waals surface area contributed by atoms with Crippen molar-refractivity contribution in [1.82, 2.24) is 0 Å². The van der Waals surface area contributed by atoms with E-state index < -0.39 is 70.3 Å². The number of aliphatic hydroxyl groups is 3. The first-order chi connectivity index (χ1) is 22.2. The van der Waals surface area contributed by atoms with E-state index in [2.05, 4.69) is 0 Å². The van der Waals surface area contributed by atoms with E-state index in [0.717, 1.165) is 11.1 Å². The highest BCUT2D eigenvalue weighted by Crippen LogP contribution is 2.65. The number of ether oxygens (including phenoxy) is 3. The van der Waals surface area contributed by atoms with Gasteiger partial charge >= 0.3 is 5.97 Å². The maximum atomic E-state index is 14.5. The van der Waals surface area contributed by atoms with Crippen LogP contribution in [0.15, 0.2) is 76.8 Å². The lowest BCUT2D eigenvalue weighted by atomic mass is 9.41. The molecule has 7 rings (SSSR count). The number of nitrogens with zero attached hydrogens (tertiary/aromatic N) is 1. The second kappa shape index (κ2) is 10.8. The van der Waals surface area contributed by atoms with Gasteiger partial charge in [0.25, 0.3) is 0 Å². The minimum absolute atomic E-state index is 0.0147. The second-order valence-electron chi connectivity index (χ2n) is 15.2. The molecule has 250 valence electrons. The van der Waals surface area contributed by atoms with Crippen molar-refractivity contribution in [2.45, 2.75) is 96.0 Å². The molecule has 5 aliphatic rings. The number of hydrogen-bond acceptors (Lipinski definition) is 9. The Morgan fingerprint density at radius 3 is 2.26 bits per heavy atom. The second-order valence-corrected chi connectivity index (χ2v) is 15.2. The molecule has 9 nitrogen and oxygen atoms in total. The molecule has 47 heavy (non-hydrogen) atoms. The number of aliphatic hydroxyl groups excluding tert-OH is 1. The van der Waals surface area contributed by atoms with E-state index in [1.54, 1.807) is 6.92 Å². The van der Waals surface area contributed by atoms with Gasteiger partial charge in [-0.3, -0.25) is 4.79 Å². The first kappa shape index (κ1) is 32.2. The van der Waals surface area contributed by atoms with Crippen molar-refractivity contribution in [3.8, 4) is 0 Å². The maximum absolute atomic E-state index is 14.5. The fourth-order valence-electron chi connectivity index (χ4n) is 9.82. The molecule has 2 aromatic carbocycles. The quantitative estimate of drug-likeness (QED) is 0.331. The van der Waals surface area contributed by atoms with Crippen molar-refractivity contribution in [3.05, 3.63) is 82.9 Å². The molecule has 0 amide bonds. The molecule has 1 saturated heterocycles. The number of esters is 1. The zero-order valence-corrected chi connectivity index (χ0v) is 27.8. The van der Waals surface area contributed by atoms with E-state index in [1.807, 2.05) is 95.3 Å². The number of benzene rings is 2. The standard InChI is InChI=1S/C38H45NO8/c1-20-17-26-37(43,19-45-26)31-22(3)38(44)18-25(21(2)27(35(38,4)5)29(40)32(41)36(20,31)6)46-34(42)30-28(23-13-9-7-10-14-23)39-33(47-30)24-15-11-8-12-16-24/h7-16,20,22,25-26,28-31,40,43-44H,17-19H2,1-6H3/t20-,22?,25?,26?,28?,29?,30+,31?,36+,37-,38?/m0/s1. The first-order valence-electron chi connectivity index (χ1n) is 16.7. The smallest absolute Gasteiger partial charge is 0.350 e. The van der Waals surface area contributed by atoms with Crippen LogP contribution in [0.2, 0.25) is 0 Å². The predicted octanol–water partition coefficient (Wildman–Crippen LogP) is 4.33. The van der Waals surface area contributed by atoms with Crippen LogP contribution in [0.1, 0.15) is 71.6 Å². The first-order valence-corrected chi connectivity index (χ1v) is 16.7. The third kappa shape index (κ3) is 4.39. The summed E-state index contributed by atoms with van der Waals surface area (Å²) in [5.74, 6) is -2.27. The topological polar surface area (TPSA) is 135 Å². The number of carbonyl (C=O) groups excluding carboxylic acids is 2. The van der Waals surface area contributed by atoms with Crippen LogP contribution in [0.25, 0.3) is 0 Å². The maximum Gasteiger partial charge on any atom is 0.350 e. The third-order valence-electron chi connectivity index (χ3n) is 12.7. The van der Waals surface area contributed by atoms with Gasteiger partial charge in [0, 0.05) is 28.7 Å². The molecule has 2 aliphatic heterocycles. The lowest BCUT2D eigenvalue weighted by molar-refractivity contribution is -0.329. The van der Waals surface area contributed by atoms with Gasteiger partial charge < -0.3 is 29.5 Å². The molecule has 0 radical (unpaired) electrons. The molecular formula is C38H45NO8. The molecule has 0 spiro atoms.